The third kappa shape index (κ3) is 2.47. The van der Waals surface area contributed by atoms with Gasteiger partial charge in [-0.25, -0.2) is 4.39 Å². The Bertz CT molecular complexity index is 672. The summed E-state index contributed by atoms with van der Waals surface area (Å²) in [5.74, 6) is 0.708. The van der Waals surface area contributed by atoms with Crippen LogP contribution in [0.1, 0.15) is 22.7 Å². The van der Waals surface area contributed by atoms with E-state index in [0.29, 0.717) is 12.0 Å². The minimum absolute atomic E-state index is 0.259. The normalized spacial score (nSPS) is 20.2. The van der Waals surface area contributed by atoms with E-state index in [1.54, 1.807) is 32.2 Å². The van der Waals surface area contributed by atoms with Crippen LogP contribution >= 0.6 is 0 Å². The Morgan fingerprint density at radius 1 is 1.24 bits per heavy atom. The van der Waals surface area contributed by atoms with Crippen LogP contribution in [0.2, 0.25) is 0 Å². The smallest absolute Gasteiger partial charge is 0.167 e. The van der Waals surface area contributed by atoms with Crippen LogP contribution in [0.5, 0.6) is 11.5 Å². The van der Waals surface area contributed by atoms with Gasteiger partial charge in [-0.15, -0.1) is 0 Å². The molecule has 0 aliphatic heterocycles. The molecule has 0 spiro atoms. The van der Waals surface area contributed by atoms with Gasteiger partial charge in [-0.1, -0.05) is 18.2 Å². The Morgan fingerprint density at radius 3 is 2.81 bits per heavy atom. The fourth-order valence-electron chi connectivity index (χ4n) is 2.73. The lowest BCUT2D eigenvalue weighted by atomic mass is 10.1. The van der Waals surface area contributed by atoms with Gasteiger partial charge >= 0.3 is 0 Å². The molecule has 3 rings (SSSR count). The average molecular weight is 287 g/mol. The van der Waals surface area contributed by atoms with Crippen molar-refractivity contribution in [3.05, 3.63) is 58.9 Å². The molecule has 0 heterocycles. The van der Waals surface area contributed by atoms with Gasteiger partial charge in [0.2, 0.25) is 0 Å². The molecular weight excluding hydrogens is 269 g/mol. The molecule has 1 aliphatic carbocycles. The molecule has 2 N–H and O–H groups in total. The number of nitrogens with two attached hydrogens (primary N) is 1. The van der Waals surface area contributed by atoms with E-state index in [4.69, 9.17) is 15.2 Å². The molecular formula is C17H18FNO2. The Labute approximate surface area is 123 Å². The van der Waals surface area contributed by atoms with Crippen molar-refractivity contribution in [2.24, 2.45) is 5.73 Å². The second-order valence-corrected chi connectivity index (χ2v) is 5.34. The maximum absolute atomic E-state index is 14.0. The van der Waals surface area contributed by atoms with Gasteiger partial charge in [0.15, 0.2) is 11.6 Å². The number of hydrogen-bond donors (Lipinski definition) is 1. The molecule has 0 aromatic heterocycles. The number of aryl methyl sites for hydroxylation is 1. The molecule has 2 atom stereocenters. The molecule has 21 heavy (non-hydrogen) atoms. The summed E-state index contributed by atoms with van der Waals surface area (Å²) in [6.07, 6.45) is 0.414. The van der Waals surface area contributed by atoms with Gasteiger partial charge in [0, 0.05) is 6.42 Å². The van der Waals surface area contributed by atoms with E-state index in [1.807, 2.05) is 18.2 Å². The van der Waals surface area contributed by atoms with Crippen LogP contribution < -0.4 is 15.2 Å². The highest BCUT2D eigenvalue weighted by Gasteiger charge is 2.32. The predicted octanol–water partition coefficient (Wildman–Crippen LogP) is 3.15. The molecule has 2 aromatic rings. The Kier molecular flexibility index (Phi) is 3.55. The quantitative estimate of drug-likeness (QED) is 0.943. The van der Waals surface area contributed by atoms with Crippen LogP contribution in [0, 0.1) is 12.7 Å². The van der Waals surface area contributed by atoms with Crippen molar-refractivity contribution in [3.63, 3.8) is 0 Å². The number of methoxy groups -OCH3 is 1. The van der Waals surface area contributed by atoms with Gasteiger partial charge in [0.25, 0.3) is 0 Å². The van der Waals surface area contributed by atoms with Crippen molar-refractivity contribution in [1.82, 2.24) is 0 Å². The summed E-state index contributed by atoms with van der Waals surface area (Å²) >= 11 is 0. The van der Waals surface area contributed by atoms with E-state index in [0.717, 1.165) is 16.9 Å². The van der Waals surface area contributed by atoms with E-state index in [1.165, 1.54) is 0 Å². The number of hydrogen-bond acceptors (Lipinski definition) is 3. The van der Waals surface area contributed by atoms with E-state index in [2.05, 4.69) is 0 Å². The van der Waals surface area contributed by atoms with Gasteiger partial charge in [-0.05, 0) is 41.8 Å². The zero-order valence-corrected chi connectivity index (χ0v) is 12.1. The fraction of sp³-hybridized carbons (Fsp3) is 0.294. The lowest BCUT2D eigenvalue weighted by Crippen LogP contribution is -2.28. The molecule has 0 fully saturated rings. The summed E-state index contributed by atoms with van der Waals surface area (Å²) in [6.45, 7) is 1.72. The van der Waals surface area contributed by atoms with Crippen molar-refractivity contribution < 1.29 is 13.9 Å². The standard InChI is InChI=1S/C17H18FNO2/c1-10-4-3-5-14(16(10)18)21-15-8-11-6-7-12(20-2)9-13(11)17(15)19/h3-7,9,15,17H,8,19H2,1-2H3. The van der Waals surface area contributed by atoms with Crippen LogP contribution in [0.15, 0.2) is 36.4 Å². The first-order valence-corrected chi connectivity index (χ1v) is 6.94. The van der Waals surface area contributed by atoms with Crippen LogP contribution in [-0.4, -0.2) is 13.2 Å². The van der Waals surface area contributed by atoms with Crippen LogP contribution in [0.4, 0.5) is 4.39 Å². The average Bonchev–Trinajstić information content (AvgIpc) is 2.80. The lowest BCUT2D eigenvalue weighted by Gasteiger charge is -2.19. The molecule has 4 heteroatoms. The number of halogens is 1. The summed E-state index contributed by atoms with van der Waals surface area (Å²) in [6, 6.07) is 10.7. The fourth-order valence-corrected chi connectivity index (χ4v) is 2.73. The minimum Gasteiger partial charge on any atom is -0.497 e. The van der Waals surface area contributed by atoms with Crippen LogP contribution in [0.3, 0.4) is 0 Å². The summed E-state index contributed by atoms with van der Waals surface area (Å²) in [5, 5.41) is 0. The Balaban J connectivity index is 1.84. The zero-order valence-electron chi connectivity index (χ0n) is 12.1. The van der Waals surface area contributed by atoms with Crippen LogP contribution in [0.25, 0.3) is 0 Å². The molecule has 110 valence electrons. The molecule has 3 nitrogen and oxygen atoms in total. The summed E-state index contributed by atoms with van der Waals surface area (Å²) in [4.78, 5) is 0. The second-order valence-electron chi connectivity index (χ2n) is 5.34. The first-order valence-electron chi connectivity index (χ1n) is 6.94. The Hall–Kier alpha value is -2.07. The lowest BCUT2D eigenvalue weighted by molar-refractivity contribution is 0.177. The van der Waals surface area contributed by atoms with Gasteiger partial charge < -0.3 is 15.2 Å². The first-order chi connectivity index (χ1) is 10.1. The maximum atomic E-state index is 14.0. The Morgan fingerprint density at radius 2 is 2.05 bits per heavy atom. The molecule has 0 radical (unpaired) electrons. The highest BCUT2D eigenvalue weighted by molar-refractivity contribution is 5.42. The molecule has 0 amide bonds. The number of fused-ring (bicyclic) bond motifs is 1. The largest absolute Gasteiger partial charge is 0.497 e. The van der Waals surface area contributed by atoms with Gasteiger partial charge in [0.1, 0.15) is 11.9 Å². The monoisotopic (exact) mass is 287 g/mol. The van der Waals surface area contributed by atoms with Crippen molar-refractivity contribution in [1.29, 1.82) is 0 Å². The van der Waals surface area contributed by atoms with Crippen molar-refractivity contribution in [3.8, 4) is 11.5 Å². The second kappa shape index (κ2) is 5.37. The highest BCUT2D eigenvalue weighted by atomic mass is 19.1. The molecule has 0 saturated heterocycles. The predicted molar refractivity (Wildman–Crippen MR) is 79.2 cm³/mol. The minimum atomic E-state index is -0.321. The highest BCUT2D eigenvalue weighted by Crippen LogP contribution is 2.35. The van der Waals surface area contributed by atoms with Crippen molar-refractivity contribution >= 4 is 0 Å². The molecule has 2 aromatic carbocycles. The van der Waals surface area contributed by atoms with E-state index in [9.17, 15) is 4.39 Å². The first kappa shape index (κ1) is 13.9. The van der Waals surface area contributed by atoms with Crippen molar-refractivity contribution in [2.45, 2.75) is 25.5 Å². The molecule has 0 saturated carbocycles. The summed E-state index contributed by atoms with van der Waals surface area (Å²) < 4.78 is 25.1. The van der Waals surface area contributed by atoms with Gasteiger partial charge in [0.05, 0.1) is 13.2 Å². The van der Waals surface area contributed by atoms with Gasteiger partial charge in [-0.3, -0.25) is 0 Å². The van der Waals surface area contributed by atoms with E-state index < -0.39 is 0 Å². The van der Waals surface area contributed by atoms with Crippen LogP contribution in [-0.2, 0) is 6.42 Å². The summed E-state index contributed by atoms with van der Waals surface area (Å²) in [5.41, 5.74) is 8.95. The van der Waals surface area contributed by atoms with E-state index in [-0.39, 0.29) is 23.7 Å². The summed E-state index contributed by atoms with van der Waals surface area (Å²) in [7, 11) is 1.62. The molecule has 1 aliphatic rings. The SMILES string of the molecule is COc1ccc2c(c1)C(N)C(Oc1cccc(C)c1F)C2. The number of rotatable bonds is 3. The topological polar surface area (TPSA) is 44.5 Å². The number of ether oxygens (including phenoxy) is 2. The van der Waals surface area contributed by atoms with E-state index >= 15 is 0 Å². The maximum Gasteiger partial charge on any atom is 0.167 e. The third-order valence-corrected chi connectivity index (χ3v) is 3.97. The third-order valence-electron chi connectivity index (χ3n) is 3.97. The van der Waals surface area contributed by atoms with Gasteiger partial charge in [-0.2, -0.15) is 0 Å². The molecule has 2 unspecified atom stereocenters. The van der Waals surface area contributed by atoms with Crippen molar-refractivity contribution in [2.75, 3.05) is 7.11 Å². The number of benzene rings is 2. The zero-order chi connectivity index (χ0) is 15.0. The molecule has 0 bridgehead atoms.